The molecule has 2 N–H and O–H groups in total. The zero-order valence-electron chi connectivity index (χ0n) is 9.92. The van der Waals surface area contributed by atoms with E-state index in [1.54, 1.807) is 0 Å². The predicted molar refractivity (Wildman–Crippen MR) is 64.8 cm³/mol. The van der Waals surface area contributed by atoms with Crippen LogP contribution in [0.2, 0.25) is 0 Å². The van der Waals surface area contributed by atoms with Crippen molar-refractivity contribution in [2.24, 2.45) is 0 Å². The first kappa shape index (κ1) is 14.1. The molecule has 1 heterocycles. The zero-order chi connectivity index (χ0) is 14.0. The molecule has 1 aliphatic heterocycles. The van der Waals surface area contributed by atoms with Gasteiger partial charge in [-0.15, -0.1) is 0 Å². The van der Waals surface area contributed by atoms with E-state index in [1.807, 2.05) is 4.72 Å². The fraction of sp³-hybridized carbons (Fsp3) is 0.455. The van der Waals surface area contributed by atoms with Gasteiger partial charge in [-0.2, -0.15) is 0 Å². The molecule has 1 aromatic rings. The lowest BCUT2D eigenvalue weighted by molar-refractivity contribution is 0.449. The van der Waals surface area contributed by atoms with Crippen LogP contribution >= 0.6 is 0 Å². The van der Waals surface area contributed by atoms with Crippen LogP contribution in [-0.2, 0) is 10.0 Å². The van der Waals surface area contributed by atoms with Crippen LogP contribution in [0.15, 0.2) is 12.1 Å². The van der Waals surface area contributed by atoms with Crippen molar-refractivity contribution >= 4 is 15.7 Å². The van der Waals surface area contributed by atoms with E-state index < -0.39 is 38.4 Å². The Kier molecular flexibility index (Phi) is 4.00. The molecule has 8 heteroatoms. The van der Waals surface area contributed by atoms with Crippen LogP contribution in [0.5, 0.6) is 0 Å². The summed E-state index contributed by atoms with van der Waals surface area (Å²) in [5.41, 5.74) is -0.572. The number of nitrogens with one attached hydrogen (secondary N) is 2. The monoisotopic (exact) mass is 294 g/mol. The third-order valence-corrected chi connectivity index (χ3v) is 4.87. The fourth-order valence-corrected chi connectivity index (χ4v) is 3.43. The molecule has 0 aliphatic carbocycles. The maximum atomic E-state index is 13.4. The second-order valence-electron chi connectivity index (χ2n) is 4.32. The Bertz CT molecular complexity index is 572. The van der Waals surface area contributed by atoms with E-state index in [0.29, 0.717) is 32.0 Å². The summed E-state index contributed by atoms with van der Waals surface area (Å²) in [5.74, 6) is -4.58. The standard InChI is InChI=1S/C11H13F3N2O2S/c12-8-1-2-9(11(14)10(8)13)16-19(17,18)7-3-5-15-6-4-7/h1-2,7,15-16H,3-6H2. The van der Waals surface area contributed by atoms with Gasteiger partial charge in [0.05, 0.1) is 10.9 Å². The molecule has 0 aromatic heterocycles. The molecule has 0 bridgehead atoms. The molecular weight excluding hydrogens is 281 g/mol. The Hall–Kier alpha value is -1.28. The minimum Gasteiger partial charge on any atom is -0.317 e. The Morgan fingerprint density at radius 2 is 1.74 bits per heavy atom. The molecule has 1 fully saturated rings. The number of halogens is 3. The van der Waals surface area contributed by atoms with Crippen LogP contribution in [0.3, 0.4) is 0 Å². The average molecular weight is 294 g/mol. The average Bonchev–Trinajstić information content (AvgIpc) is 2.40. The van der Waals surface area contributed by atoms with Gasteiger partial charge < -0.3 is 5.32 Å². The summed E-state index contributed by atoms with van der Waals surface area (Å²) < 4.78 is 65.1. The molecule has 1 aliphatic rings. The molecule has 0 atom stereocenters. The van der Waals surface area contributed by atoms with Gasteiger partial charge in [0.25, 0.3) is 0 Å². The smallest absolute Gasteiger partial charge is 0.235 e. The SMILES string of the molecule is O=S(=O)(Nc1ccc(F)c(F)c1F)C1CCNCC1. The lowest BCUT2D eigenvalue weighted by Crippen LogP contribution is -2.38. The molecule has 106 valence electrons. The molecule has 0 radical (unpaired) electrons. The maximum Gasteiger partial charge on any atom is 0.235 e. The number of piperidine rings is 1. The first-order chi connectivity index (χ1) is 8.92. The number of benzene rings is 1. The lowest BCUT2D eigenvalue weighted by atomic mass is 10.2. The molecule has 2 rings (SSSR count). The largest absolute Gasteiger partial charge is 0.317 e. The van der Waals surface area contributed by atoms with Crippen LogP contribution < -0.4 is 10.0 Å². The molecule has 1 saturated heterocycles. The fourth-order valence-electron chi connectivity index (χ4n) is 1.95. The first-order valence-electron chi connectivity index (χ1n) is 5.77. The molecule has 0 saturated carbocycles. The van der Waals surface area contributed by atoms with Crippen LogP contribution in [-0.4, -0.2) is 26.8 Å². The highest BCUT2D eigenvalue weighted by atomic mass is 32.2. The van der Waals surface area contributed by atoms with Crippen LogP contribution in [0.4, 0.5) is 18.9 Å². The second-order valence-corrected chi connectivity index (χ2v) is 6.28. The number of hydrogen-bond donors (Lipinski definition) is 2. The van der Waals surface area contributed by atoms with Crippen LogP contribution in [0, 0.1) is 17.5 Å². The minimum atomic E-state index is -3.81. The molecule has 1 aromatic carbocycles. The maximum absolute atomic E-state index is 13.4. The van der Waals surface area contributed by atoms with Crippen molar-refractivity contribution in [3.63, 3.8) is 0 Å². The van der Waals surface area contributed by atoms with Gasteiger partial charge in [0, 0.05) is 0 Å². The van der Waals surface area contributed by atoms with Crippen molar-refractivity contribution < 1.29 is 21.6 Å². The van der Waals surface area contributed by atoms with Gasteiger partial charge in [-0.3, -0.25) is 4.72 Å². The summed E-state index contributed by atoms with van der Waals surface area (Å²) in [6.07, 6.45) is 0.779. The van der Waals surface area contributed by atoms with E-state index in [1.165, 1.54) is 0 Å². The molecule has 19 heavy (non-hydrogen) atoms. The highest BCUT2D eigenvalue weighted by molar-refractivity contribution is 7.93. The summed E-state index contributed by atoms with van der Waals surface area (Å²) in [6, 6.07) is 1.55. The highest BCUT2D eigenvalue weighted by Crippen LogP contribution is 2.23. The molecule has 0 spiro atoms. The van der Waals surface area contributed by atoms with Crippen LogP contribution in [0.25, 0.3) is 0 Å². The van der Waals surface area contributed by atoms with Crippen molar-refractivity contribution in [2.45, 2.75) is 18.1 Å². The lowest BCUT2D eigenvalue weighted by Gasteiger charge is -2.23. The zero-order valence-corrected chi connectivity index (χ0v) is 10.7. The van der Waals surface area contributed by atoms with Crippen molar-refractivity contribution in [2.75, 3.05) is 17.8 Å². The van der Waals surface area contributed by atoms with Gasteiger partial charge in [0.2, 0.25) is 10.0 Å². The molecule has 4 nitrogen and oxygen atoms in total. The summed E-state index contributed by atoms with van der Waals surface area (Å²) in [6.45, 7) is 1.09. The Balaban J connectivity index is 2.23. The number of hydrogen-bond acceptors (Lipinski definition) is 3. The van der Waals surface area contributed by atoms with Crippen LogP contribution in [0.1, 0.15) is 12.8 Å². The Morgan fingerprint density at radius 1 is 1.11 bits per heavy atom. The minimum absolute atomic E-state index is 0.390. The summed E-state index contributed by atoms with van der Waals surface area (Å²) in [7, 11) is -3.81. The summed E-state index contributed by atoms with van der Waals surface area (Å²) in [5, 5.41) is 2.34. The number of sulfonamides is 1. The summed E-state index contributed by atoms with van der Waals surface area (Å²) in [4.78, 5) is 0. The summed E-state index contributed by atoms with van der Waals surface area (Å²) >= 11 is 0. The third-order valence-electron chi connectivity index (χ3n) is 3.01. The topological polar surface area (TPSA) is 58.2 Å². The molecular formula is C11H13F3N2O2S. The first-order valence-corrected chi connectivity index (χ1v) is 7.32. The van der Waals surface area contributed by atoms with Gasteiger partial charge in [-0.05, 0) is 38.1 Å². The van der Waals surface area contributed by atoms with Crippen molar-refractivity contribution in [1.82, 2.24) is 5.32 Å². The van der Waals surface area contributed by atoms with Crippen molar-refractivity contribution in [3.8, 4) is 0 Å². The van der Waals surface area contributed by atoms with E-state index in [4.69, 9.17) is 0 Å². The van der Waals surface area contributed by atoms with Gasteiger partial charge in [0.1, 0.15) is 0 Å². The molecule has 0 amide bonds. The third kappa shape index (κ3) is 3.01. The Morgan fingerprint density at radius 3 is 2.37 bits per heavy atom. The van der Waals surface area contributed by atoms with Gasteiger partial charge in [-0.25, -0.2) is 21.6 Å². The van der Waals surface area contributed by atoms with E-state index in [2.05, 4.69) is 5.32 Å². The predicted octanol–water partition coefficient (Wildman–Crippen LogP) is 1.60. The van der Waals surface area contributed by atoms with Crippen molar-refractivity contribution in [3.05, 3.63) is 29.6 Å². The number of rotatable bonds is 3. The molecule has 0 unspecified atom stereocenters. The van der Waals surface area contributed by atoms with Crippen molar-refractivity contribution in [1.29, 1.82) is 0 Å². The highest BCUT2D eigenvalue weighted by Gasteiger charge is 2.28. The number of anilines is 1. The quantitative estimate of drug-likeness (QED) is 0.833. The van der Waals surface area contributed by atoms with E-state index in [-0.39, 0.29) is 0 Å². The van der Waals surface area contributed by atoms with Gasteiger partial charge in [-0.1, -0.05) is 0 Å². The van der Waals surface area contributed by atoms with E-state index in [9.17, 15) is 21.6 Å². The van der Waals surface area contributed by atoms with Gasteiger partial charge >= 0.3 is 0 Å². The Labute approximate surface area is 109 Å². The second kappa shape index (κ2) is 5.38. The van der Waals surface area contributed by atoms with Gasteiger partial charge in [0.15, 0.2) is 17.5 Å². The van der Waals surface area contributed by atoms with E-state index >= 15 is 0 Å². The van der Waals surface area contributed by atoms with E-state index in [0.717, 1.165) is 6.07 Å². The normalized spacial score (nSPS) is 17.4.